The van der Waals surface area contributed by atoms with Crippen molar-refractivity contribution in [1.82, 2.24) is 0 Å². The molecular weight excluding hydrogens is 214 g/mol. The minimum atomic E-state index is 0.387. The molecule has 0 amide bonds. The van der Waals surface area contributed by atoms with Crippen molar-refractivity contribution in [2.24, 2.45) is 0 Å². The number of anilines is 5. The molecule has 5 heteroatoms. The van der Waals surface area contributed by atoms with Crippen LogP contribution < -0.4 is 28.7 Å². The van der Waals surface area contributed by atoms with Crippen molar-refractivity contribution in [3.63, 3.8) is 0 Å². The number of benzene rings is 2. The second-order valence-corrected chi connectivity index (χ2v) is 3.87. The quantitative estimate of drug-likeness (QED) is 0.470. The standard InChI is InChI=1S/C12H15N5/c13-8-3-1-6(5-10(8)15)7-2-4-9(14)12(17)11(7)16/h1-5H,13-17H2. The molecule has 2 aromatic carbocycles. The maximum absolute atomic E-state index is 5.93. The van der Waals surface area contributed by atoms with Crippen molar-refractivity contribution in [3.05, 3.63) is 30.3 Å². The van der Waals surface area contributed by atoms with E-state index in [9.17, 15) is 0 Å². The predicted octanol–water partition coefficient (Wildman–Crippen LogP) is 1.26. The van der Waals surface area contributed by atoms with Crippen molar-refractivity contribution >= 4 is 28.4 Å². The molecule has 88 valence electrons. The van der Waals surface area contributed by atoms with Gasteiger partial charge in [-0.05, 0) is 23.8 Å². The van der Waals surface area contributed by atoms with E-state index >= 15 is 0 Å². The van der Waals surface area contributed by atoms with E-state index in [1.807, 2.05) is 12.1 Å². The van der Waals surface area contributed by atoms with Crippen LogP contribution in [0.2, 0.25) is 0 Å². The van der Waals surface area contributed by atoms with Crippen molar-refractivity contribution in [1.29, 1.82) is 0 Å². The van der Waals surface area contributed by atoms with Crippen molar-refractivity contribution < 1.29 is 0 Å². The Kier molecular flexibility index (Phi) is 2.44. The number of rotatable bonds is 1. The van der Waals surface area contributed by atoms with Gasteiger partial charge in [-0.15, -0.1) is 0 Å². The van der Waals surface area contributed by atoms with Crippen LogP contribution >= 0.6 is 0 Å². The molecule has 0 saturated carbocycles. The van der Waals surface area contributed by atoms with E-state index in [4.69, 9.17) is 28.7 Å². The average molecular weight is 229 g/mol. The predicted molar refractivity (Wildman–Crippen MR) is 73.9 cm³/mol. The van der Waals surface area contributed by atoms with Gasteiger partial charge in [0.2, 0.25) is 0 Å². The highest BCUT2D eigenvalue weighted by Crippen LogP contribution is 2.35. The number of nitrogen functional groups attached to an aromatic ring is 5. The van der Waals surface area contributed by atoms with Gasteiger partial charge in [0, 0.05) is 5.56 Å². The fourth-order valence-electron chi connectivity index (χ4n) is 1.65. The Labute approximate surface area is 99.2 Å². The largest absolute Gasteiger partial charge is 0.397 e. The summed E-state index contributed by atoms with van der Waals surface area (Å²) >= 11 is 0. The minimum Gasteiger partial charge on any atom is -0.397 e. The maximum Gasteiger partial charge on any atom is 0.0787 e. The summed E-state index contributed by atoms with van der Waals surface area (Å²) in [5, 5.41) is 0. The molecule has 0 atom stereocenters. The minimum absolute atomic E-state index is 0.387. The molecule has 0 fully saturated rings. The van der Waals surface area contributed by atoms with Gasteiger partial charge in [-0.1, -0.05) is 12.1 Å². The first-order valence-corrected chi connectivity index (χ1v) is 5.09. The third-order valence-corrected chi connectivity index (χ3v) is 2.72. The Morgan fingerprint density at radius 3 is 1.88 bits per heavy atom. The smallest absolute Gasteiger partial charge is 0.0787 e. The first-order valence-electron chi connectivity index (χ1n) is 5.09. The van der Waals surface area contributed by atoms with Crippen LogP contribution in [0, 0.1) is 0 Å². The van der Waals surface area contributed by atoms with Gasteiger partial charge in [0.15, 0.2) is 0 Å². The molecule has 5 nitrogen and oxygen atoms in total. The summed E-state index contributed by atoms with van der Waals surface area (Å²) in [6.07, 6.45) is 0. The van der Waals surface area contributed by atoms with Crippen LogP contribution in [-0.4, -0.2) is 0 Å². The lowest BCUT2D eigenvalue weighted by molar-refractivity contribution is 1.59. The lowest BCUT2D eigenvalue weighted by Crippen LogP contribution is -2.02. The van der Waals surface area contributed by atoms with Gasteiger partial charge in [-0.25, -0.2) is 0 Å². The second-order valence-electron chi connectivity index (χ2n) is 3.87. The molecule has 17 heavy (non-hydrogen) atoms. The summed E-state index contributed by atoms with van der Waals surface area (Å²) in [6, 6.07) is 8.86. The first kappa shape index (κ1) is 10.9. The summed E-state index contributed by atoms with van der Waals surface area (Å²) in [5.41, 5.74) is 32.8. The van der Waals surface area contributed by atoms with E-state index in [1.54, 1.807) is 18.2 Å². The highest BCUT2D eigenvalue weighted by Gasteiger charge is 2.08. The Morgan fingerprint density at radius 2 is 1.24 bits per heavy atom. The molecule has 0 radical (unpaired) electrons. The summed E-state index contributed by atoms with van der Waals surface area (Å²) in [6.45, 7) is 0. The van der Waals surface area contributed by atoms with Gasteiger partial charge in [-0.3, -0.25) is 0 Å². The zero-order chi connectivity index (χ0) is 12.6. The molecule has 0 spiro atoms. The van der Waals surface area contributed by atoms with Gasteiger partial charge in [0.05, 0.1) is 28.4 Å². The third-order valence-electron chi connectivity index (χ3n) is 2.72. The fraction of sp³-hybridized carbons (Fsp3) is 0. The van der Waals surface area contributed by atoms with Crippen molar-refractivity contribution in [2.45, 2.75) is 0 Å². The van der Waals surface area contributed by atoms with Crippen molar-refractivity contribution in [3.8, 4) is 11.1 Å². The molecule has 0 aliphatic rings. The van der Waals surface area contributed by atoms with Crippen LogP contribution in [-0.2, 0) is 0 Å². The Hall–Kier alpha value is -2.56. The topological polar surface area (TPSA) is 130 Å². The molecule has 0 aliphatic carbocycles. The van der Waals surface area contributed by atoms with Crippen LogP contribution in [0.1, 0.15) is 0 Å². The molecule has 2 rings (SSSR count). The molecule has 2 aromatic rings. The monoisotopic (exact) mass is 229 g/mol. The Bertz CT molecular complexity index is 577. The summed E-state index contributed by atoms with van der Waals surface area (Å²) in [4.78, 5) is 0. The maximum atomic E-state index is 5.93. The SMILES string of the molecule is Nc1ccc(-c2ccc(N)c(N)c2N)cc1N. The van der Waals surface area contributed by atoms with Crippen LogP contribution in [0.5, 0.6) is 0 Å². The Balaban J connectivity index is 2.61. The van der Waals surface area contributed by atoms with E-state index in [-0.39, 0.29) is 0 Å². The average Bonchev–Trinajstić information content (AvgIpc) is 2.30. The van der Waals surface area contributed by atoms with E-state index in [1.165, 1.54) is 0 Å². The second kappa shape index (κ2) is 3.79. The van der Waals surface area contributed by atoms with E-state index < -0.39 is 0 Å². The fourth-order valence-corrected chi connectivity index (χ4v) is 1.65. The molecule has 0 aliphatic heterocycles. The summed E-state index contributed by atoms with van der Waals surface area (Å²) in [5.74, 6) is 0. The molecule has 0 bridgehead atoms. The van der Waals surface area contributed by atoms with E-state index in [0.29, 0.717) is 28.4 Å². The summed E-state index contributed by atoms with van der Waals surface area (Å²) < 4.78 is 0. The van der Waals surface area contributed by atoms with Gasteiger partial charge < -0.3 is 28.7 Å². The lowest BCUT2D eigenvalue weighted by Gasteiger charge is -2.11. The third kappa shape index (κ3) is 1.78. The van der Waals surface area contributed by atoms with Crippen LogP contribution in [0.25, 0.3) is 11.1 Å². The lowest BCUT2D eigenvalue weighted by atomic mass is 10.0. The number of nitrogens with two attached hydrogens (primary N) is 5. The van der Waals surface area contributed by atoms with Gasteiger partial charge >= 0.3 is 0 Å². The Morgan fingerprint density at radius 1 is 0.588 bits per heavy atom. The van der Waals surface area contributed by atoms with Crippen LogP contribution in [0.15, 0.2) is 30.3 Å². The molecule has 0 unspecified atom stereocenters. The first-order chi connectivity index (χ1) is 8.00. The molecule has 0 heterocycles. The van der Waals surface area contributed by atoms with Crippen molar-refractivity contribution in [2.75, 3.05) is 28.7 Å². The normalized spacial score (nSPS) is 10.4. The van der Waals surface area contributed by atoms with Gasteiger partial charge in [-0.2, -0.15) is 0 Å². The molecular formula is C12H15N5. The number of hydrogen-bond acceptors (Lipinski definition) is 5. The van der Waals surface area contributed by atoms with Crippen LogP contribution in [0.3, 0.4) is 0 Å². The van der Waals surface area contributed by atoms with E-state index in [0.717, 1.165) is 11.1 Å². The molecule has 10 N–H and O–H groups in total. The van der Waals surface area contributed by atoms with Gasteiger partial charge in [0.25, 0.3) is 0 Å². The highest BCUT2D eigenvalue weighted by molar-refractivity contribution is 5.91. The summed E-state index contributed by atoms with van der Waals surface area (Å²) in [7, 11) is 0. The van der Waals surface area contributed by atoms with Crippen LogP contribution in [0.4, 0.5) is 28.4 Å². The number of hydrogen-bond donors (Lipinski definition) is 5. The zero-order valence-corrected chi connectivity index (χ0v) is 9.27. The zero-order valence-electron chi connectivity index (χ0n) is 9.27. The van der Waals surface area contributed by atoms with Gasteiger partial charge in [0.1, 0.15) is 0 Å². The molecule has 0 saturated heterocycles. The molecule has 0 aromatic heterocycles. The van der Waals surface area contributed by atoms with E-state index in [2.05, 4.69) is 0 Å². The highest BCUT2D eigenvalue weighted by atomic mass is 14.7.